The summed E-state index contributed by atoms with van der Waals surface area (Å²) in [7, 11) is 0.0599. The minimum Gasteiger partial charge on any atom is -0.422 e. The SMILES string of the molecule is C[Si](C)(C)OC[SiH3].OCCO. The summed E-state index contributed by atoms with van der Waals surface area (Å²) in [5.41, 5.74) is 0. The summed E-state index contributed by atoms with van der Waals surface area (Å²) < 4.78 is 5.43. The second-order valence-corrected chi connectivity index (χ2v) is 8.08. The van der Waals surface area contributed by atoms with Gasteiger partial charge in [0.15, 0.2) is 8.32 Å². The average Bonchev–Trinajstić information content (AvgIpc) is 1.86. The van der Waals surface area contributed by atoms with Crippen LogP contribution in [0.1, 0.15) is 0 Å². The van der Waals surface area contributed by atoms with E-state index >= 15 is 0 Å². The molecule has 0 atom stereocenters. The maximum Gasteiger partial charge on any atom is 0.183 e. The lowest BCUT2D eigenvalue weighted by Crippen LogP contribution is -2.25. The van der Waals surface area contributed by atoms with Crippen LogP contribution in [-0.2, 0) is 4.43 Å². The predicted octanol–water partition coefficient (Wildman–Crippen LogP) is -0.868. The molecule has 0 aromatic heterocycles. The summed E-state index contributed by atoms with van der Waals surface area (Å²) in [5.74, 6) is 0. The van der Waals surface area contributed by atoms with Crippen molar-refractivity contribution in [2.75, 3.05) is 19.4 Å². The van der Waals surface area contributed by atoms with Crippen LogP contribution in [0.4, 0.5) is 0 Å². The van der Waals surface area contributed by atoms with Gasteiger partial charge in [0, 0.05) is 16.5 Å². The molecular formula is C6H20O3Si2. The van der Waals surface area contributed by atoms with Gasteiger partial charge in [0.1, 0.15) is 0 Å². The molecule has 2 N–H and O–H groups in total. The zero-order chi connectivity index (χ0) is 9.33. The Labute approximate surface area is 72.9 Å². The summed E-state index contributed by atoms with van der Waals surface area (Å²) in [6, 6.07) is 0. The van der Waals surface area contributed by atoms with Gasteiger partial charge in [-0.25, -0.2) is 0 Å². The quantitative estimate of drug-likeness (QED) is 0.577. The summed E-state index contributed by atoms with van der Waals surface area (Å²) in [5, 5.41) is 15.2. The highest BCUT2D eigenvalue weighted by Gasteiger charge is 2.11. The molecule has 0 bridgehead atoms. The molecule has 0 spiro atoms. The molecule has 0 heterocycles. The normalized spacial score (nSPS) is 10.6. The molecule has 0 amide bonds. The summed E-state index contributed by atoms with van der Waals surface area (Å²) in [6.45, 7) is 6.39. The zero-order valence-electron chi connectivity index (χ0n) is 7.92. The Morgan fingerprint density at radius 1 is 1.18 bits per heavy atom. The van der Waals surface area contributed by atoms with Gasteiger partial charge in [0.05, 0.1) is 13.2 Å². The van der Waals surface area contributed by atoms with Crippen molar-refractivity contribution in [3.05, 3.63) is 0 Å². The van der Waals surface area contributed by atoms with Crippen molar-refractivity contribution in [1.82, 2.24) is 0 Å². The van der Waals surface area contributed by atoms with E-state index in [1.165, 1.54) is 10.2 Å². The second kappa shape index (κ2) is 8.41. The largest absolute Gasteiger partial charge is 0.422 e. The fourth-order valence-electron chi connectivity index (χ4n) is 0.433. The Kier molecular flexibility index (Phi) is 10.6. The molecule has 5 heteroatoms. The van der Waals surface area contributed by atoms with Crippen LogP contribution in [0, 0.1) is 0 Å². The van der Waals surface area contributed by atoms with Gasteiger partial charge < -0.3 is 14.6 Å². The first-order valence-corrected chi connectivity index (χ1v) is 8.65. The first-order chi connectivity index (χ1) is 4.97. The molecule has 70 valence electrons. The van der Waals surface area contributed by atoms with Crippen LogP contribution < -0.4 is 0 Å². The molecule has 3 nitrogen and oxygen atoms in total. The monoisotopic (exact) mass is 196 g/mol. The fraction of sp³-hybridized carbons (Fsp3) is 1.00. The van der Waals surface area contributed by atoms with E-state index in [0.717, 1.165) is 6.23 Å². The summed E-state index contributed by atoms with van der Waals surface area (Å²) in [6.07, 6.45) is 1.01. The Hall–Kier alpha value is 0.314. The second-order valence-electron chi connectivity index (χ2n) is 2.99. The molecule has 0 unspecified atom stereocenters. The third-order valence-corrected chi connectivity index (χ3v) is 2.70. The average molecular weight is 196 g/mol. The first kappa shape index (κ1) is 13.9. The fourth-order valence-corrected chi connectivity index (χ4v) is 3.90. The summed E-state index contributed by atoms with van der Waals surface area (Å²) >= 11 is 0. The third kappa shape index (κ3) is 25.2. The van der Waals surface area contributed by atoms with Crippen molar-refractivity contribution in [1.29, 1.82) is 0 Å². The maximum atomic E-state index is 7.62. The highest BCUT2D eigenvalue weighted by molar-refractivity contribution is 6.69. The Morgan fingerprint density at radius 2 is 1.55 bits per heavy atom. The van der Waals surface area contributed by atoms with Gasteiger partial charge in [0.25, 0.3) is 0 Å². The lowest BCUT2D eigenvalue weighted by Gasteiger charge is -2.14. The molecule has 11 heavy (non-hydrogen) atoms. The van der Waals surface area contributed by atoms with E-state index in [9.17, 15) is 0 Å². The van der Waals surface area contributed by atoms with Crippen molar-refractivity contribution >= 4 is 18.6 Å². The Bertz CT molecular complexity index is 70.7. The molecule has 0 rings (SSSR count). The van der Waals surface area contributed by atoms with Crippen LogP contribution in [0.25, 0.3) is 0 Å². The molecule has 0 radical (unpaired) electrons. The van der Waals surface area contributed by atoms with Gasteiger partial charge in [-0.2, -0.15) is 0 Å². The predicted molar refractivity (Wildman–Crippen MR) is 53.4 cm³/mol. The number of hydrogen-bond donors (Lipinski definition) is 2. The summed E-state index contributed by atoms with van der Waals surface area (Å²) in [4.78, 5) is 0. The van der Waals surface area contributed by atoms with Crippen LogP contribution in [0.15, 0.2) is 0 Å². The highest BCUT2D eigenvalue weighted by Crippen LogP contribution is 1.99. The van der Waals surface area contributed by atoms with Gasteiger partial charge in [0.2, 0.25) is 0 Å². The minimum atomic E-state index is -1.12. The molecule has 0 aromatic carbocycles. The lowest BCUT2D eigenvalue weighted by molar-refractivity contribution is 0.186. The topological polar surface area (TPSA) is 49.7 Å². The van der Waals surface area contributed by atoms with E-state index in [-0.39, 0.29) is 13.2 Å². The standard InChI is InChI=1S/C4H14OSi2.C2H6O2/c1-7(2,3)5-4-6;3-1-2-4/h4H2,1-3,6H3;3-4H,1-2H2. The molecule has 0 aliphatic rings. The Balaban J connectivity index is 0. The highest BCUT2D eigenvalue weighted by atomic mass is 28.4. The van der Waals surface area contributed by atoms with Crippen LogP contribution in [0.2, 0.25) is 19.6 Å². The molecular weight excluding hydrogens is 176 g/mol. The van der Waals surface area contributed by atoms with Gasteiger partial charge in [-0.1, -0.05) is 0 Å². The number of rotatable bonds is 3. The van der Waals surface area contributed by atoms with Crippen molar-refractivity contribution in [2.24, 2.45) is 0 Å². The van der Waals surface area contributed by atoms with Gasteiger partial charge in [-0.15, -0.1) is 0 Å². The molecule has 0 saturated carbocycles. The van der Waals surface area contributed by atoms with E-state index in [1.54, 1.807) is 0 Å². The molecule has 0 aliphatic heterocycles. The van der Waals surface area contributed by atoms with Crippen LogP contribution >= 0.6 is 0 Å². The minimum absolute atomic E-state index is 0.125. The van der Waals surface area contributed by atoms with E-state index in [1.807, 2.05) is 0 Å². The lowest BCUT2D eigenvalue weighted by atomic mass is 10.8. The molecule has 0 aromatic rings. The maximum absolute atomic E-state index is 7.62. The zero-order valence-corrected chi connectivity index (χ0v) is 10.9. The molecule has 0 fully saturated rings. The number of aliphatic hydroxyl groups is 2. The first-order valence-electron chi connectivity index (χ1n) is 3.83. The van der Waals surface area contributed by atoms with E-state index < -0.39 is 8.32 Å². The van der Waals surface area contributed by atoms with Crippen molar-refractivity contribution in [3.63, 3.8) is 0 Å². The van der Waals surface area contributed by atoms with Crippen molar-refractivity contribution < 1.29 is 14.6 Å². The number of hydrogen-bond acceptors (Lipinski definition) is 3. The van der Waals surface area contributed by atoms with Crippen molar-refractivity contribution in [2.45, 2.75) is 19.6 Å². The molecule has 0 aliphatic carbocycles. The van der Waals surface area contributed by atoms with E-state index in [4.69, 9.17) is 14.6 Å². The van der Waals surface area contributed by atoms with Crippen molar-refractivity contribution in [3.8, 4) is 0 Å². The van der Waals surface area contributed by atoms with Gasteiger partial charge >= 0.3 is 0 Å². The van der Waals surface area contributed by atoms with Crippen LogP contribution in [-0.4, -0.2) is 48.2 Å². The van der Waals surface area contributed by atoms with Crippen LogP contribution in [0.3, 0.4) is 0 Å². The van der Waals surface area contributed by atoms with Gasteiger partial charge in [-0.05, 0) is 19.6 Å². The van der Waals surface area contributed by atoms with Gasteiger partial charge in [-0.3, -0.25) is 0 Å². The molecule has 0 saturated heterocycles. The smallest absolute Gasteiger partial charge is 0.183 e. The van der Waals surface area contributed by atoms with Crippen LogP contribution in [0.5, 0.6) is 0 Å². The Morgan fingerprint density at radius 3 is 1.55 bits per heavy atom. The number of aliphatic hydroxyl groups excluding tert-OH is 2. The van der Waals surface area contributed by atoms with E-state index in [2.05, 4.69) is 19.6 Å². The van der Waals surface area contributed by atoms with E-state index in [0.29, 0.717) is 0 Å². The third-order valence-electron chi connectivity index (χ3n) is 0.677.